The van der Waals surface area contributed by atoms with E-state index >= 15 is 0 Å². The van der Waals surface area contributed by atoms with Crippen LogP contribution in [0.25, 0.3) is 0 Å². The van der Waals surface area contributed by atoms with Gasteiger partial charge in [-0.3, -0.25) is 0 Å². The molecule has 1 atom stereocenters. The molecule has 1 unspecified atom stereocenters. The number of hydrogen-bond acceptors (Lipinski definition) is 3. The zero-order chi connectivity index (χ0) is 12.3. The maximum Gasteiger partial charge on any atom is 0.0110 e. The van der Waals surface area contributed by atoms with Gasteiger partial charge in [0.25, 0.3) is 0 Å². The quantitative estimate of drug-likeness (QED) is 0.797. The Kier molecular flexibility index (Phi) is 4.45. The molecule has 0 amide bonds. The summed E-state index contributed by atoms with van der Waals surface area (Å²) in [6.45, 7) is 17.1. The molecule has 0 aromatic rings. The molecule has 3 heteroatoms. The van der Waals surface area contributed by atoms with Crippen molar-refractivity contribution in [3.05, 3.63) is 0 Å². The van der Waals surface area contributed by atoms with Gasteiger partial charge >= 0.3 is 0 Å². The van der Waals surface area contributed by atoms with Gasteiger partial charge in [-0.15, -0.1) is 0 Å². The smallest absolute Gasteiger partial charge is 0.0110 e. The molecule has 3 nitrogen and oxygen atoms in total. The molecule has 2 aliphatic heterocycles. The predicted octanol–water partition coefficient (Wildman–Crippen LogP) is 1.26. The second kappa shape index (κ2) is 5.68. The molecule has 2 saturated heterocycles. The van der Waals surface area contributed by atoms with Crippen molar-refractivity contribution < 1.29 is 0 Å². The van der Waals surface area contributed by atoms with Crippen LogP contribution in [0, 0.1) is 11.3 Å². The fourth-order valence-corrected chi connectivity index (χ4v) is 3.28. The van der Waals surface area contributed by atoms with Crippen molar-refractivity contribution >= 4 is 0 Å². The summed E-state index contributed by atoms with van der Waals surface area (Å²) in [7, 11) is 0. The first-order valence-corrected chi connectivity index (χ1v) is 7.32. The fraction of sp³-hybridized carbons (Fsp3) is 1.00. The van der Waals surface area contributed by atoms with Gasteiger partial charge in [-0.1, -0.05) is 20.8 Å². The average molecular weight is 239 g/mol. The lowest BCUT2D eigenvalue weighted by Gasteiger charge is -2.41. The number of nitrogens with one attached hydrogen (secondary N) is 1. The zero-order valence-corrected chi connectivity index (χ0v) is 11.8. The van der Waals surface area contributed by atoms with E-state index in [4.69, 9.17) is 0 Å². The SMILES string of the molecule is CCN1CCN(CC2(C(C)C)CCNC2)CC1. The van der Waals surface area contributed by atoms with Crippen molar-refractivity contribution in [1.82, 2.24) is 15.1 Å². The van der Waals surface area contributed by atoms with Crippen LogP contribution < -0.4 is 5.32 Å². The van der Waals surface area contributed by atoms with Crippen molar-refractivity contribution in [2.24, 2.45) is 11.3 Å². The Hall–Kier alpha value is -0.120. The fourth-order valence-electron chi connectivity index (χ4n) is 3.28. The predicted molar refractivity (Wildman–Crippen MR) is 73.3 cm³/mol. The molecule has 0 aliphatic carbocycles. The van der Waals surface area contributed by atoms with E-state index in [1.54, 1.807) is 0 Å². The van der Waals surface area contributed by atoms with Crippen LogP contribution in [0.5, 0.6) is 0 Å². The number of likely N-dealkylation sites (N-methyl/N-ethyl adjacent to an activating group) is 1. The summed E-state index contributed by atoms with van der Waals surface area (Å²) in [5.74, 6) is 0.793. The highest BCUT2D eigenvalue weighted by molar-refractivity contribution is 4.93. The van der Waals surface area contributed by atoms with Gasteiger partial charge in [0, 0.05) is 39.3 Å². The molecule has 0 spiro atoms. The third-order valence-electron chi connectivity index (χ3n) is 4.95. The van der Waals surface area contributed by atoms with E-state index in [-0.39, 0.29) is 0 Å². The van der Waals surface area contributed by atoms with Crippen molar-refractivity contribution in [2.75, 3.05) is 52.4 Å². The van der Waals surface area contributed by atoms with Gasteiger partial charge < -0.3 is 15.1 Å². The lowest BCUT2D eigenvalue weighted by atomic mass is 9.76. The van der Waals surface area contributed by atoms with Gasteiger partial charge in [-0.25, -0.2) is 0 Å². The van der Waals surface area contributed by atoms with Gasteiger partial charge in [0.15, 0.2) is 0 Å². The first-order chi connectivity index (χ1) is 8.16. The molecular weight excluding hydrogens is 210 g/mol. The molecule has 0 aromatic carbocycles. The van der Waals surface area contributed by atoms with Crippen LogP contribution in [0.15, 0.2) is 0 Å². The molecule has 0 bridgehead atoms. The van der Waals surface area contributed by atoms with Gasteiger partial charge in [0.1, 0.15) is 0 Å². The second-order valence-corrected chi connectivity index (χ2v) is 6.15. The molecule has 100 valence electrons. The molecule has 0 radical (unpaired) electrons. The van der Waals surface area contributed by atoms with E-state index in [0.717, 1.165) is 5.92 Å². The maximum atomic E-state index is 3.57. The van der Waals surface area contributed by atoms with Crippen LogP contribution in [-0.2, 0) is 0 Å². The highest BCUT2D eigenvalue weighted by atomic mass is 15.3. The summed E-state index contributed by atoms with van der Waals surface area (Å²) in [4.78, 5) is 5.25. The van der Waals surface area contributed by atoms with Crippen LogP contribution in [0.2, 0.25) is 0 Å². The normalized spacial score (nSPS) is 32.5. The Bertz CT molecular complexity index is 226. The van der Waals surface area contributed by atoms with Crippen LogP contribution in [0.4, 0.5) is 0 Å². The van der Waals surface area contributed by atoms with Crippen molar-refractivity contribution in [1.29, 1.82) is 0 Å². The van der Waals surface area contributed by atoms with Gasteiger partial charge in [0.2, 0.25) is 0 Å². The molecule has 2 aliphatic rings. The Morgan fingerprint density at radius 1 is 1.12 bits per heavy atom. The largest absolute Gasteiger partial charge is 0.316 e. The Balaban J connectivity index is 1.87. The topological polar surface area (TPSA) is 18.5 Å². The van der Waals surface area contributed by atoms with Crippen LogP contribution in [-0.4, -0.2) is 62.2 Å². The van der Waals surface area contributed by atoms with Gasteiger partial charge in [0.05, 0.1) is 0 Å². The van der Waals surface area contributed by atoms with E-state index < -0.39 is 0 Å². The summed E-state index contributed by atoms with van der Waals surface area (Å²) in [6.07, 6.45) is 1.36. The Morgan fingerprint density at radius 2 is 1.76 bits per heavy atom. The standard InChI is InChI=1S/C14H29N3/c1-4-16-7-9-17(10-8-16)12-14(13(2)3)5-6-15-11-14/h13,15H,4-12H2,1-3H3. The third kappa shape index (κ3) is 3.01. The third-order valence-corrected chi connectivity index (χ3v) is 4.95. The summed E-state index contributed by atoms with van der Waals surface area (Å²) in [5.41, 5.74) is 0.536. The summed E-state index contributed by atoms with van der Waals surface area (Å²) >= 11 is 0. The van der Waals surface area contributed by atoms with Crippen LogP contribution in [0.1, 0.15) is 27.2 Å². The minimum Gasteiger partial charge on any atom is -0.316 e. The first-order valence-electron chi connectivity index (χ1n) is 7.32. The maximum absolute atomic E-state index is 3.57. The highest BCUT2D eigenvalue weighted by Gasteiger charge is 2.38. The molecule has 17 heavy (non-hydrogen) atoms. The van der Waals surface area contributed by atoms with Crippen molar-refractivity contribution in [2.45, 2.75) is 27.2 Å². The van der Waals surface area contributed by atoms with Gasteiger partial charge in [-0.05, 0) is 30.8 Å². The molecule has 0 saturated carbocycles. The monoisotopic (exact) mass is 239 g/mol. The van der Waals surface area contributed by atoms with E-state index in [1.807, 2.05) is 0 Å². The van der Waals surface area contributed by atoms with Crippen LogP contribution in [0.3, 0.4) is 0 Å². The number of nitrogens with zero attached hydrogens (tertiary/aromatic N) is 2. The first kappa shape index (κ1) is 13.3. The van der Waals surface area contributed by atoms with Gasteiger partial charge in [-0.2, -0.15) is 0 Å². The molecular formula is C14H29N3. The average Bonchev–Trinajstić information content (AvgIpc) is 2.80. The van der Waals surface area contributed by atoms with Crippen molar-refractivity contribution in [3.63, 3.8) is 0 Å². The van der Waals surface area contributed by atoms with E-state index in [0.29, 0.717) is 5.41 Å². The summed E-state index contributed by atoms with van der Waals surface area (Å²) in [5, 5.41) is 3.57. The number of rotatable bonds is 4. The lowest BCUT2D eigenvalue weighted by molar-refractivity contribution is 0.0714. The van der Waals surface area contributed by atoms with E-state index in [1.165, 1.54) is 58.8 Å². The molecule has 2 rings (SSSR count). The Morgan fingerprint density at radius 3 is 2.24 bits per heavy atom. The lowest BCUT2D eigenvalue weighted by Crippen LogP contribution is -2.51. The van der Waals surface area contributed by atoms with Crippen LogP contribution >= 0.6 is 0 Å². The summed E-state index contributed by atoms with van der Waals surface area (Å²) in [6, 6.07) is 0. The van der Waals surface area contributed by atoms with E-state index in [9.17, 15) is 0 Å². The minimum absolute atomic E-state index is 0.536. The molecule has 2 fully saturated rings. The second-order valence-electron chi connectivity index (χ2n) is 6.15. The molecule has 2 heterocycles. The Labute approximate surface area is 107 Å². The highest BCUT2D eigenvalue weighted by Crippen LogP contribution is 2.35. The number of piperazine rings is 1. The summed E-state index contributed by atoms with van der Waals surface area (Å²) < 4.78 is 0. The number of hydrogen-bond donors (Lipinski definition) is 1. The zero-order valence-electron chi connectivity index (χ0n) is 11.8. The molecule has 0 aromatic heterocycles. The minimum atomic E-state index is 0.536. The van der Waals surface area contributed by atoms with E-state index in [2.05, 4.69) is 35.9 Å². The molecule has 1 N–H and O–H groups in total. The van der Waals surface area contributed by atoms with Crippen molar-refractivity contribution in [3.8, 4) is 0 Å².